The summed E-state index contributed by atoms with van der Waals surface area (Å²) in [6.45, 7) is 2.12. The number of aliphatic hydroxyl groups is 1. The second-order valence-corrected chi connectivity index (χ2v) is 4.14. The molecular formula is C12H16N2O4. The van der Waals surface area contributed by atoms with Gasteiger partial charge in [-0.25, -0.2) is 0 Å². The largest absolute Gasteiger partial charge is 0.454 e. The van der Waals surface area contributed by atoms with Crippen LogP contribution < -0.4 is 20.5 Å². The van der Waals surface area contributed by atoms with Gasteiger partial charge in [-0.3, -0.25) is 4.79 Å². The van der Waals surface area contributed by atoms with Crippen LogP contribution >= 0.6 is 0 Å². The van der Waals surface area contributed by atoms with E-state index in [2.05, 4.69) is 5.32 Å². The molecule has 1 unspecified atom stereocenters. The van der Waals surface area contributed by atoms with Gasteiger partial charge in [-0.05, 0) is 30.2 Å². The van der Waals surface area contributed by atoms with Gasteiger partial charge >= 0.3 is 0 Å². The maximum atomic E-state index is 11.4. The molecule has 0 fully saturated rings. The molecule has 1 aliphatic heterocycles. The average Bonchev–Trinajstić information content (AvgIpc) is 2.81. The van der Waals surface area contributed by atoms with Gasteiger partial charge in [0, 0.05) is 6.54 Å². The number of rotatable bonds is 4. The van der Waals surface area contributed by atoms with E-state index in [1.165, 1.54) is 0 Å². The lowest BCUT2D eigenvalue weighted by molar-refractivity contribution is -0.123. The highest BCUT2D eigenvalue weighted by molar-refractivity contribution is 5.81. The molecule has 1 amide bonds. The van der Waals surface area contributed by atoms with E-state index in [0.717, 1.165) is 16.9 Å². The molecule has 1 heterocycles. The summed E-state index contributed by atoms with van der Waals surface area (Å²) in [6, 6.07) is 2.82. The molecule has 0 aromatic heterocycles. The molecule has 0 saturated heterocycles. The number of fused-ring (bicyclic) bond motifs is 1. The van der Waals surface area contributed by atoms with E-state index in [4.69, 9.17) is 20.3 Å². The predicted molar refractivity (Wildman–Crippen MR) is 64.2 cm³/mol. The molecule has 0 saturated carbocycles. The molecule has 1 aromatic rings. The van der Waals surface area contributed by atoms with Crippen molar-refractivity contribution in [2.45, 2.75) is 19.5 Å². The molecule has 1 atom stereocenters. The molecule has 0 bridgehead atoms. The number of nitrogens with two attached hydrogens (primary N) is 1. The number of ether oxygens (including phenoxy) is 2. The number of aryl methyl sites for hydroxylation is 1. The van der Waals surface area contributed by atoms with Crippen molar-refractivity contribution >= 4 is 5.91 Å². The Kier molecular flexibility index (Phi) is 3.69. The lowest BCUT2D eigenvalue weighted by Gasteiger charge is -2.11. The second kappa shape index (κ2) is 5.24. The Bertz CT molecular complexity index is 462. The molecule has 1 aliphatic rings. The molecule has 0 aliphatic carbocycles. The number of amides is 1. The number of nitrogens with one attached hydrogen (secondary N) is 1. The van der Waals surface area contributed by atoms with Crippen LogP contribution in [0, 0.1) is 6.92 Å². The molecule has 4 N–H and O–H groups in total. The Morgan fingerprint density at radius 2 is 2.17 bits per heavy atom. The SMILES string of the molecule is Cc1cc2c(cc1CNC(=O)C(N)CO)OCO2. The number of benzene rings is 1. The average molecular weight is 252 g/mol. The Hall–Kier alpha value is -1.79. The topological polar surface area (TPSA) is 93.8 Å². The first-order valence-corrected chi connectivity index (χ1v) is 5.65. The lowest BCUT2D eigenvalue weighted by Crippen LogP contribution is -2.42. The van der Waals surface area contributed by atoms with Crippen LogP contribution in [-0.2, 0) is 11.3 Å². The molecule has 18 heavy (non-hydrogen) atoms. The Morgan fingerprint density at radius 1 is 1.50 bits per heavy atom. The van der Waals surface area contributed by atoms with E-state index >= 15 is 0 Å². The van der Waals surface area contributed by atoms with Crippen LogP contribution in [0.4, 0.5) is 0 Å². The van der Waals surface area contributed by atoms with Crippen LogP contribution in [0.1, 0.15) is 11.1 Å². The summed E-state index contributed by atoms with van der Waals surface area (Å²) in [5.74, 6) is 1.01. The van der Waals surface area contributed by atoms with Gasteiger partial charge in [0.2, 0.25) is 12.7 Å². The van der Waals surface area contributed by atoms with Gasteiger partial charge in [-0.1, -0.05) is 0 Å². The van der Waals surface area contributed by atoms with E-state index in [9.17, 15) is 4.79 Å². The fraction of sp³-hybridized carbons (Fsp3) is 0.417. The number of carbonyl (C=O) groups excluding carboxylic acids is 1. The quantitative estimate of drug-likeness (QED) is 0.681. The highest BCUT2D eigenvalue weighted by atomic mass is 16.7. The highest BCUT2D eigenvalue weighted by Gasteiger charge is 2.17. The van der Waals surface area contributed by atoms with Crippen molar-refractivity contribution in [3.05, 3.63) is 23.3 Å². The van der Waals surface area contributed by atoms with Crippen molar-refractivity contribution in [1.29, 1.82) is 0 Å². The van der Waals surface area contributed by atoms with Gasteiger partial charge in [-0.2, -0.15) is 0 Å². The zero-order chi connectivity index (χ0) is 13.1. The molecule has 2 rings (SSSR count). The van der Waals surface area contributed by atoms with Crippen molar-refractivity contribution in [2.24, 2.45) is 5.73 Å². The Morgan fingerprint density at radius 3 is 2.83 bits per heavy atom. The number of carbonyl (C=O) groups is 1. The summed E-state index contributed by atoms with van der Waals surface area (Å²) in [5, 5.41) is 11.4. The summed E-state index contributed by atoms with van der Waals surface area (Å²) in [7, 11) is 0. The van der Waals surface area contributed by atoms with Gasteiger partial charge < -0.3 is 25.6 Å². The smallest absolute Gasteiger partial charge is 0.239 e. The standard InChI is InChI=1S/C12H16N2O4/c1-7-2-10-11(18-6-17-10)3-8(7)4-14-12(16)9(13)5-15/h2-3,9,15H,4-6,13H2,1H3,(H,14,16). The van der Waals surface area contributed by atoms with Gasteiger partial charge in [0.1, 0.15) is 6.04 Å². The zero-order valence-electron chi connectivity index (χ0n) is 10.1. The highest BCUT2D eigenvalue weighted by Crippen LogP contribution is 2.34. The van der Waals surface area contributed by atoms with Crippen molar-refractivity contribution in [3.8, 4) is 11.5 Å². The summed E-state index contributed by atoms with van der Waals surface area (Å²) < 4.78 is 10.5. The molecule has 0 spiro atoms. The molecule has 0 radical (unpaired) electrons. The summed E-state index contributed by atoms with van der Waals surface area (Å²) in [5.41, 5.74) is 7.33. The monoisotopic (exact) mass is 252 g/mol. The fourth-order valence-electron chi connectivity index (χ4n) is 1.67. The number of aliphatic hydroxyl groups excluding tert-OH is 1. The van der Waals surface area contributed by atoms with Crippen molar-refractivity contribution in [3.63, 3.8) is 0 Å². The maximum Gasteiger partial charge on any atom is 0.239 e. The van der Waals surface area contributed by atoms with Crippen LogP contribution in [0.2, 0.25) is 0 Å². The molecular weight excluding hydrogens is 236 g/mol. The third kappa shape index (κ3) is 2.55. The second-order valence-electron chi connectivity index (χ2n) is 4.14. The molecule has 6 heteroatoms. The van der Waals surface area contributed by atoms with E-state index in [0.29, 0.717) is 12.3 Å². The summed E-state index contributed by atoms with van der Waals surface area (Å²) in [6.07, 6.45) is 0. The molecule has 6 nitrogen and oxygen atoms in total. The molecule has 1 aromatic carbocycles. The number of hydrogen-bond acceptors (Lipinski definition) is 5. The van der Waals surface area contributed by atoms with Crippen LogP contribution in [0.3, 0.4) is 0 Å². The van der Waals surface area contributed by atoms with E-state index in [1.54, 1.807) is 0 Å². The third-order valence-corrected chi connectivity index (χ3v) is 2.82. The van der Waals surface area contributed by atoms with Crippen LogP contribution in [0.5, 0.6) is 11.5 Å². The minimum absolute atomic E-state index is 0.222. The minimum Gasteiger partial charge on any atom is -0.454 e. The van der Waals surface area contributed by atoms with Gasteiger partial charge in [0.15, 0.2) is 11.5 Å². The van der Waals surface area contributed by atoms with Gasteiger partial charge in [-0.15, -0.1) is 0 Å². The van der Waals surface area contributed by atoms with Crippen molar-refractivity contribution < 1.29 is 19.4 Å². The number of hydrogen-bond donors (Lipinski definition) is 3. The third-order valence-electron chi connectivity index (χ3n) is 2.82. The van der Waals surface area contributed by atoms with Crippen LogP contribution in [0.25, 0.3) is 0 Å². The van der Waals surface area contributed by atoms with Gasteiger partial charge in [0.25, 0.3) is 0 Å². The summed E-state index contributed by atoms with van der Waals surface area (Å²) >= 11 is 0. The van der Waals surface area contributed by atoms with Crippen molar-refractivity contribution in [1.82, 2.24) is 5.32 Å². The molecule has 98 valence electrons. The Balaban J connectivity index is 2.04. The first-order valence-electron chi connectivity index (χ1n) is 5.65. The van der Waals surface area contributed by atoms with Crippen LogP contribution in [-0.4, -0.2) is 30.5 Å². The van der Waals surface area contributed by atoms with Gasteiger partial charge in [0.05, 0.1) is 6.61 Å². The summed E-state index contributed by atoms with van der Waals surface area (Å²) in [4.78, 5) is 11.4. The van der Waals surface area contributed by atoms with Crippen molar-refractivity contribution in [2.75, 3.05) is 13.4 Å². The normalized spacial score (nSPS) is 14.4. The predicted octanol–water partition coefficient (Wildman–Crippen LogP) is -0.340. The first kappa shape index (κ1) is 12.7. The maximum absolute atomic E-state index is 11.4. The van der Waals surface area contributed by atoms with Crippen LogP contribution in [0.15, 0.2) is 12.1 Å². The Labute approximate surface area is 105 Å². The van der Waals surface area contributed by atoms with E-state index in [1.807, 2.05) is 19.1 Å². The zero-order valence-corrected chi connectivity index (χ0v) is 10.1. The van der Waals surface area contributed by atoms with E-state index < -0.39 is 6.04 Å². The van der Waals surface area contributed by atoms with E-state index in [-0.39, 0.29) is 19.3 Å². The minimum atomic E-state index is -0.890. The first-order chi connectivity index (χ1) is 8.61. The lowest BCUT2D eigenvalue weighted by atomic mass is 10.1. The fourth-order valence-corrected chi connectivity index (χ4v) is 1.67.